The number of rotatable bonds is 2. The average molecular weight is 405 g/mol. The first kappa shape index (κ1) is 19.3. The zero-order valence-corrected chi connectivity index (χ0v) is 17.1. The average Bonchev–Trinajstić information content (AvgIpc) is 2.98. The SMILES string of the molecule is CC12CCC3c4ccc(O)cc4CCC3C1CC(=Cc1ccc([N+](=O)[O-])cc1)C2O. The summed E-state index contributed by atoms with van der Waals surface area (Å²) < 4.78 is 0. The van der Waals surface area contributed by atoms with Crippen molar-refractivity contribution in [2.45, 2.75) is 51.0 Å². The van der Waals surface area contributed by atoms with Gasteiger partial charge in [-0.1, -0.05) is 19.1 Å². The summed E-state index contributed by atoms with van der Waals surface area (Å²) in [5.41, 5.74) is 4.57. The van der Waals surface area contributed by atoms with Crippen molar-refractivity contribution in [1.29, 1.82) is 0 Å². The van der Waals surface area contributed by atoms with E-state index in [9.17, 15) is 20.3 Å². The predicted octanol–water partition coefficient (Wildman–Crippen LogP) is 5.21. The Bertz CT molecular complexity index is 1030. The first-order valence-electron chi connectivity index (χ1n) is 10.8. The topological polar surface area (TPSA) is 83.6 Å². The van der Waals surface area contributed by atoms with E-state index in [0.29, 0.717) is 23.5 Å². The van der Waals surface area contributed by atoms with E-state index in [1.54, 1.807) is 18.2 Å². The standard InChI is InChI=1S/C25H27NO4/c1-25-11-10-21-20-9-7-19(27)13-16(20)4-8-22(21)23(25)14-17(24(25)28)12-15-2-5-18(6-3-15)26(29)30/h2-3,5-7,9,12-13,21-24,27-28H,4,8,10-11,14H2,1H3. The van der Waals surface area contributed by atoms with Gasteiger partial charge in [-0.05, 0) is 96.4 Å². The van der Waals surface area contributed by atoms with Crippen molar-refractivity contribution >= 4 is 11.8 Å². The van der Waals surface area contributed by atoms with Crippen molar-refractivity contribution < 1.29 is 15.1 Å². The number of fused-ring (bicyclic) bond motifs is 5. The van der Waals surface area contributed by atoms with Crippen LogP contribution in [0.3, 0.4) is 0 Å². The highest BCUT2D eigenvalue weighted by Crippen LogP contribution is 2.62. The van der Waals surface area contributed by atoms with Crippen molar-refractivity contribution in [1.82, 2.24) is 0 Å². The van der Waals surface area contributed by atoms with E-state index in [0.717, 1.165) is 43.2 Å². The van der Waals surface area contributed by atoms with Crippen LogP contribution in [-0.2, 0) is 6.42 Å². The number of nitro groups is 1. The van der Waals surface area contributed by atoms with E-state index in [2.05, 4.69) is 13.0 Å². The molecule has 3 aliphatic rings. The molecule has 0 aliphatic heterocycles. The third-order valence-electron chi connectivity index (χ3n) is 8.04. The summed E-state index contributed by atoms with van der Waals surface area (Å²) in [4.78, 5) is 10.5. The van der Waals surface area contributed by atoms with Crippen LogP contribution in [0, 0.1) is 27.4 Å². The number of aryl methyl sites for hydroxylation is 1. The number of aromatic hydroxyl groups is 1. The van der Waals surface area contributed by atoms with Crippen molar-refractivity contribution in [3.8, 4) is 5.75 Å². The van der Waals surface area contributed by atoms with Crippen LogP contribution in [0.5, 0.6) is 5.75 Å². The minimum Gasteiger partial charge on any atom is -0.508 e. The van der Waals surface area contributed by atoms with Crippen LogP contribution < -0.4 is 0 Å². The zero-order chi connectivity index (χ0) is 21.0. The Kier molecular flexibility index (Phi) is 4.47. The zero-order valence-electron chi connectivity index (χ0n) is 17.1. The van der Waals surface area contributed by atoms with Gasteiger partial charge < -0.3 is 10.2 Å². The minimum atomic E-state index is -0.472. The van der Waals surface area contributed by atoms with Gasteiger partial charge in [0.2, 0.25) is 0 Å². The number of nitrogens with zero attached hydrogens (tertiary/aromatic N) is 1. The summed E-state index contributed by atoms with van der Waals surface area (Å²) in [6.07, 6.45) is 6.56. The number of benzene rings is 2. The second kappa shape index (κ2) is 6.95. The molecule has 5 atom stereocenters. The van der Waals surface area contributed by atoms with Crippen LogP contribution in [0.4, 0.5) is 5.69 Å². The van der Waals surface area contributed by atoms with E-state index in [1.165, 1.54) is 23.3 Å². The monoisotopic (exact) mass is 405 g/mol. The second-order valence-electron chi connectivity index (χ2n) is 9.52. The van der Waals surface area contributed by atoms with Gasteiger partial charge in [0.05, 0.1) is 11.0 Å². The number of aliphatic hydroxyl groups excluding tert-OH is 1. The van der Waals surface area contributed by atoms with Gasteiger partial charge in [0.25, 0.3) is 5.69 Å². The summed E-state index contributed by atoms with van der Waals surface area (Å²) in [5.74, 6) is 1.81. The highest BCUT2D eigenvalue weighted by Gasteiger charge is 2.56. The molecule has 30 heavy (non-hydrogen) atoms. The van der Waals surface area contributed by atoms with Crippen LogP contribution in [0.1, 0.15) is 55.2 Å². The molecule has 0 aromatic heterocycles. The van der Waals surface area contributed by atoms with Gasteiger partial charge in [-0.15, -0.1) is 0 Å². The van der Waals surface area contributed by atoms with Crippen molar-refractivity contribution in [2.75, 3.05) is 0 Å². The molecule has 2 aromatic rings. The summed E-state index contributed by atoms with van der Waals surface area (Å²) in [6.45, 7) is 2.24. The third-order valence-corrected chi connectivity index (χ3v) is 8.04. The van der Waals surface area contributed by atoms with Crippen molar-refractivity contribution in [3.63, 3.8) is 0 Å². The molecule has 0 radical (unpaired) electrons. The van der Waals surface area contributed by atoms with Crippen molar-refractivity contribution in [3.05, 3.63) is 74.8 Å². The van der Waals surface area contributed by atoms with Gasteiger partial charge in [-0.2, -0.15) is 0 Å². The maximum absolute atomic E-state index is 11.3. The fraction of sp³-hybridized carbons (Fsp3) is 0.440. The first-order chi connectivity index (χ1) is 14.4. The van der Waals surface area contributed by atoms with E-state index in [4.69, 9.17) is 0 Å². The van der Waals surface area contributed by atoms with E-state index in [-0.39, 0.29) is 11.1 Å². The molecule has 2 saturated carbocycles. The van der Waals surface area contributed by atoms with Gasteiger partial charge in [0, 0.05) is 17.5 Å². The number of hydrogen-bond donors (Lipinski definition) is 2. The van der Waals surface area contributed by atoms with Crippen LogP contribution >= 0.6 is 0 Å². The molecule has 5 heteroatoms. The number of nitro benzene ring substituents is 1. The summed E-state index contributed by atoms with van der Waals surface area (Å²) in [5, 5.41) is 32.0. The van der Waals surface area contributed by atoms with Crippen LogP contribution in [0.2, 0.25) is 0 Å². The molecule has 5 unspecified atom stereocenters. The van der Waals surface area contributed by atoms with Crippen LogP contribution in [0.15, 0.2) is 48.0 Å². The summed E-state index contributed by atoms with van der Waals surface area (Å²) >= 11 is 0. The van der Waals surface area contributed by atoms with E-state index < -0.39 is 11.0 Å². The lowest BCUT2D eigenvalue weighted by molar-refractivity contribution is -0.384. The van der Waals surface area contributed by atoms with Gasteiger partial charge in [0.15, 0.2) is 0 Å². The normalized spacial score (nSPS) is 33.6. The predicted molar refractivity (Wildman–Crippen MR) is 115 cm³/mol. The van der Waals surface area contributed by atoms with Gasteiger partial charge in [0.1, 0.15) is 5.75 Å². The molecular weight excluding hydrogens is 378 g/mol. The van der Waals surface area contributed by atoms with Gasteiger partial charge in [-0.25, -0.2) is 0 Å². The van der Waals surface area contributed by atoms with E-state index in [1.807, 2.05) is 12.1 Å². The van der Waals surface area contributed by atoms with Crippen LogP contribution in [0.25, 0.3) is 6.08 Å². The molecule has 0 spiro atoms. The molecule has 3 aliphatic carbocycles. The summed E-state index contributed by atoms with van der Waals surface area (Å²) in [7, 11) is 0. The van der Waals surface area contributed by atoms with Gasteiger partial charge in [-0.3, -0.25) is 10.1 Å². The molecule has 0 heterocycles. The molecule has 156 valence electrons. The molecule has 2 N–H and O–H groups in total. The molecule has 5 rings (SSSR count). The number of hydrogen-bond acceptors (Lipinski definition) is 4. The number of phenolic OH excluding ortho intramolecular Hbond substituents is 1. The fourth-order valence-electron chi connectivity index (χ4n) is 6.47. The molecule has 2 aromatic carbocycles. The quantitative estimate of drug-likeness (QED) is 0.531. The molecule has 0 amide bonds. The number of aliphatic hydroxyl groups is 1. The van der Waals surface area contributed by atoms with Crippen LogP contribution in [-0.4, -0.2) is 21.2 Å². The smallest absolute Gasteiger partial charge is 0.269 e. The number of non-ortho nitro benzene ring substituents is 1. The Morgan fingerprint density at radius 1 is 1.17 bits per heavy atom. The molecule has 2 fully saturated rings. The Labute approximate surface area is 176 Å². The molecule has 0 bridgehead atoms. The Morgan fingerprint density at radius 3 is 2.67 bits per heavy atom. The Hall–Kier alpha value is -2.66. The largest absolute Gasteiger partial charge is 0.508 e. The highest BCUT2D eigenvalue weighted by molar-refractivity contribution is 5.57. The number of phenols is 1. The highest BCUT2D eigenvalue weighted by atomic mass is 16.6. The lowest BCUT2D eigenvalue weighted by atomic mass is 9.55. The lowest BCUT2D eigenvalue weighted by Gasteiger charge is -2.49. The first-order valence-corrected chi connectivity index (χ1v) is 10.8. The maximum Gasteiger partial charge on any atom is 0.269 e. The maximum atomic E-state index is 11.3. The molecule has 5 nitrogen and oxygen atoms in total. The Balaban J connectivity index is 1.44. The van der Waals surface area contributed by atoms with E-state index >= 15 is 0 Å². The third kappa shape index (κ3) is 2.95. The molecular formula is C25H27NO4. The van der Waals surface area contributed by atoms with Gasteiger partial charge >= 0.3 is 0 Å². The second-order valence-corrected chi connectivity index (χ2v) is 9.52. The minimum absolute atomic E-state index is 0.0829. The summed E-state index contributed by atoms with van der Waals surface area (Å²) in [6, 6.07) is 12.4. The lowest BCUT2D eigenvalue weighted by Crippen LogP contribution is -2.44. The fourth-order valence-corrected chi connectivity index (χ4v) is 6.47. The Morgan fingerprint density at radius 2 is 1.93 bits per heavy atom. The van der Waals surface area contributed by atoms with Crippen molar-refractivity contribution in [2.24, 2.45) is 17.3 Å². The molecule has 0 saturated heterocycles.